The molecule has 2 aromatic rings. The van der Waals surface area contributed by atoms with Crippen molar-refractivity contribution in [3.8, 4) is 0 Å². The normalized spacial score (nSPS) is 19.3. The minimum absolute atomic E-state index is 0.0701. The van der Waals surface area contributed by atoms with E-state index in [0.29, 0.717) is 6.42 Å². The summed E-state index contributed by atoms with van der Waals surface area (Å²) in [7, 11) is 6.26. The molecule has 1 saturated heterocycles. The Hall–Kier alpha value is -2.01. The lowest BCUT2D eigenvalue weighted by Crippen LogP contribution is -2.58. The summed E-state index contributed by atoms with van der Waals surface area (Å²) in [5.74, 6) is 0. The summed E-state index contributed by atoms with van der Waals surface area (Å²) in [6.07, 6.45) is 3.94. The second-order valence-electron chi connectivity index (χ2n) is 8.25. The summed E-state index contributed by atoms with van der Waals surface area (Å²) in [5, 5.41) is 3.32. The molecule has 0 amide bonds. The van der Waals surface area contributed by atoms with Crippen LogP contribution < -0.4 is 5.32 Å². The van der Waals surface area contributed by atoms with Crippen LogP contribution in [0.1, 0.15) is 24.0 Å². The van der Waals surface area contributed by atoms with E-state index >= 15 is 0 Å². The van der Waals surface area contributed by atoms with Crippen molar-refractivity contribution in [3.63, 3.8) is 0 Å². The van der Waals surface area contributed by atoms with Gasteiger partial charge in [0.25, 0.3) is 0 Å². The molecule has 0 bridgehead atoms. The van der Waals surface area contributed by atoms with Gasteiger partial charge in [-0.3, -0.25) is 4.90 Å². The highest BCUT2D eigenvalue weighted by Gasteiger charge is 2.40. The van der Waals surface area contributed by atoms with Crippen LogP contribution in [0, 0.1) is 0 Å². The third kappa shape index (κ3) is 4.35. The number of rotatable bonds is 8. The van der Waals surface area contributed by atoms with E-state index in [0.717, 1.165) is 38.8 Å². The number of nitrogens with one attached hydrogen (secondary N) is 1. The highest BCUT2D eigenvalue weighted by atomic mass is 16.1. The number of aldehydes is 1. The number of hydrogen-bond acceptors (Lipinski definition) is 4. The maximum atomic E-state index is 12.1. The van der Waals surface area contributed by atoms with Crippen molar-refractivity contribution in [1.29, 1.82) is 0 Å². The second-order valence-corrected chi connectivity index (χ2v) is 8.25. The molecule has 1 unspecified atom stereocenters. The molecule has 1 N–H and O–H groups in total. The van der Waals surface area contributed by atoms with Crippen LogP contribution in [0.25, 0.3) is 0 Å². The van der Waals surface area contributed by atoms with Gasteiger partial charge in [-0.15, -0.1) is 0 Å². The zero-order valence-corrected chi connectivity index (χ0v) is 17.4. The molecule has 0 radical (unpaired) electrons. The smallest absolute Gasteiger partial charge is 0.141 e. The molecule has 1 aliphatic heterocycles. The van der Waals surface area contributed by atoms with E-state index in [2.05, 4.69) is 71.7 Å². The van der Waals surface area contributed by atoms with E-state index in [1.54, 1.807) is 0 Å². The molecule has 28 heavy (non-hydrogen) atoms. The molecule has 1 heterocycles. The lowest BCUT2D eigenvalue weighted by Gasteiger charge is -2.48. The molecule has 0 aliphatic carbocycles. The van der Waals surface area contributed by atoms with Crippen molar-refractivity contribution in [2.45, 2.75) is 30.3 Å². The number of hydrogen-bond donors (Lipinski definition) is 1. The molecule has 0 spiro atoms. The van der Waals surface area contributed by atoms with Crippen molar-refractivity contribution in [2.75, 3.05) is 40.8 Å². The van der Waals surface area contributed by atoms with Gasteiger partial charge >= 0.3 is 0 Å². The van der Waals surface area contributed by atoms with E-state index in [-0.39, 0.29) is 5.54 Å². The van der Waals surface area contributed by atoms with Crippen LogP contribution in [0.15, 0.2) is 60.7 Å². The van der Waals surface area contributed by atoms with Gasteiger partial charge in [-0.2, -0.15) is 0 Å². The maximum absolute atomic E-state index is 12.1. The minimum Gasteiger partial charge on any atom is -0.307 e. The standard InChI is InChI=1S/C24H33N3O/c1-25-23(20-28,18-21-10-6-4-7-11-21)19-27-16-14-24(15-17-27,26(2)3)22-12-8-5-9-13-22/h4-13,20,25H,14-19H2,1-3H3. The average Bonchev–Trinajstić information content (AvgIpc) is 2.75. The summed E-state index contributed by atoms with van der Waals surface area (Å²) >= 11 is 0. The monoisotopic (exact) mass is 379 g/mol. The fraction of sp³-hybridized carbons (Fsp3) is 0.458. The van der Waals surface area contributed by atoms with E-state index in [1.807, 2.05) is 25.2 Å². The van der Waals surface area contributed by atoms with Crippen LogP contribution in [-0.4, -0.2) is 62.4 Å². The Morgan fingerprint density at radius 3 is 2.11 bits per heavy atom. The minimum atomic E-state index is -0.549. The third-order valence-electron chi connectivity index (χ3n) is 6.44. The fourth-order valence-corrected chi connectivity index (χ4v) is 4.54. The first-order chi connectivity index (χ1) is 13.5. The SMILES string of the molecule is CNC(C=O)(Cc1ccccc1)CN1CCC(c2ccccc2)(N(C)C)CC1. The highest BCUT2D eigenvalue weighted by Crippen LogP contribution is 2.37. The number of likely N-dealkylation sites (N-methyl/N-ethyl adjacent to an activating group) is 1. The molecule has 2 aromatic carbocycles. The van der Waals surface area contributed by atoms with Gasteiger partial charge in [0.2, 0.25) is 0 Å². The molecule has 0 aromatic heterocycles. The quantitative estimate of drug-likeness (QED) is 0.716. The van der Waals surface area contributed by atoms with Crippen LogP contribution in [0.5, 0.6) is 0 Å². The molecule has 1 fully saturated rings. The van der Waals surface area contributed by atoms with Gasteiger partial charge < -0.3 is 15.0 Å². The van der Waals surface area contributed by atoms with Crippen molar-refractivity contribution in [1.82, 2.24) is 15.1 Å². The number of piperidine rings is 1. The first-order valence-electron chi connectivity index (χ1n) is 10.2. The Balaban J connectivity index is 1.71. The van der Waals surface area contributed by atoms with Crippen LogP contribution in [0.4, 0.5) is 0 Å². The van der Waals surface area contributed by atoms with Crippen molar-refractivity contribution < 1.29 is 4.79 Å². The van der Waals surface area contributed by atoms with Crippen molar-refractivity contribution in [3.05, 3.63) is 71.8 Å². The molecular formula is C24H33N3O. The summed E-state index contributed by atoms with van der Waals surface area (Å²) < 4.78 is 0. The summed E-state index contributed by atoms with van der Waals surface area (Å²) in [5.41, 5.74) is 2.10. The van der Waals surface area contributed by atoms with Gasteiger partial charge in [0, 0.05) is 25.2 Å². The molecule has 1 aliphatic rings. The van der Waals surface area contributed by atoms with E-state index in [9.17, 15) is 4.79 Å². The number of nitrogens with zero attached hydrogens (tertiary/aromatic N) is 2. The number of carbonyl (C=O) groups excluding carboxylic acids is 1. The summed E-state index contributed by atoms with van der Waals surface area (Å²) in [6.45, 7) is 2.71. The first-order valence-corrected chi connectivity index (χ1v) is 10.2. The Morgan fingerprint density at radius 2 is 1.61 bits per heavy atom. The Bertz CT molecular complexity index is 739. The number of carbonyl (C=O) groups is 1. The molecule has 3 rings (SSSR count). The van der Waals surface area contributed by atoms with Crippen LogP contribution >= 0.6 is 0 Å². The van der Waals surface area contributed by atoms with Gasteiger partial charge in [0.05, 0.1) is 5.54 Å². The Kier molecular flexibility index (Phi) is 6.65. The zero-order chi connectivity index (χ0) is 20.0. The van der Waals surface area contributed by atoms with E-state index in [4.69, 9.17) is 0 Å². The van der Waals surface area contributed by atoms with Crippen molar-refractivity contribution >= 4 is 6.29 Å². The van der Waals surface area contributed by atoms with Crippen LogP contribution in [-0.2, 0) is 16.8 Å². The van der Waals surface area contributed by atoms with Gasteiger partial charge in [-0.1, -0.05) is 60.7 Å². The zero-order valence-electron chi connectivity index (χ0n) is 17.4. The van der Waals surface area contributed by atoms with Crippen LogP contribution in [0.2, 0.25) is 0 Å². The summed E-state index contributed by atoms with van der Waals surface area (Å²) in [6, 6.07) is 21.1. The number of likely N-dealkylation sites (tertiary alicyclic amines) is 1. The predicted molar refractivity (Wildman–Crippen MR) is 115 cm³/mol. The largest absolute Gasteiger partial charge is 0.307 e. The van der Waals surface area contributed by atoms with Gasteiger partial charge in [0.15, 0.2) is 0 Å². The first kappa shape index (κ1) is 20.7. The molecule has 0 saturated carbocycles. The predicted octanol–water partition coefficient (Wildman–Crippen LogP) is 2.94. The molecule has 4 heteroatoms. The Morgan fingerprint density at radius 1 is 1.04 bits per heavy atom. The highest BCUT2D eigenvalue weighted by molar-refractivity contribution is 5.65. The molecular weight excluding hydrogens is 346 g/mol. The van der Waals surface area contributed by atoms with E-state index in [1.165, 1.54) is 11.1 Å². The molecule has 150 valence electrons. The lowest BCUT2D eigenvalue weighted by molar-refractivity contribution is -0.114. The summed E-state index contributed by atoms with van der Waals surface area (Å²) in [4.78, 5) is 16.9. The average molecular weight is 380 g/mol. The van der Waals surface area contributed by atoms with Gasteiger partial charge in [-0.25, -0.2) is 0 Å². The van der Waals surface area contributed by atoms with Crippen molar-refractivity contribution in [2.24, 2.45) is 0 Å². The fourth-order valence-electron chi connectivity index (χ4n) is 4.54. The van der Waals surface area contributed by atoms with Gasteiger partial charge in [0.1, 0.15) is 6.29 Å². The van der Waals surface area contributed by atoms with Crippen LogP contribution in [0.3, 0.4) is 0 Å². The maximum Gasteiger partial charge on any atom is 0.141 e. The second kappa shape index (κ2) is 8.99. The molecule has 1 atom stereocenters. The van der Waals surface area contributed by atoms with Gasteiger partial charge in [-0.05, 0) is 51.5 Å². The number of benzene rings is 2. The topological polar surface area (TPSA) is 35.6 Å². The Labute approximate surface area is 169 Å². The lowest BCUT2D eigenvalue weighted by atomic mass is 9.79. The third-order valence-corrected chi connectivity index (χ3v) is 6.44. The van der Waals surface area contributed by atoms with E-state index < -0.39 is 5.54 Å². The molecule has 4 nitrogen and oxygen atoms in total.